The molecule has 0 bridgehead atoms. The lowest BCUT2D eigenvalue weighted by molar-refractivity contribution is -0.385. The summed E-state index contributed by atoms with van der Waals surface area (Å²) < 4.78 is 6.08. The summed E-state index contributed by atoms with van der Waals surface area (Å²) >= 11 is 3.44. The van der Waals surface area contributed by atoms with Crippen LogP contribution in [-0.4, -0.2) is 12.0 Å². The fourth-order valence-corrected chi connectivity index (χ4v) is 2.62. The Morgan fingerprint density at radius 3 is 2.62 bits per heavy atom. The molecule has 6 heteroatoms. The van der Waals surface area contributed by atoms with Crippen molar-refractivity contribution in [2.45, 2.75) is 13.5 Å². The number of rotatable bonds is 5. The zero-order valence-corrected chi connectivity index (χ0v) is 13.3. The molecule has 0 aliphatic rings. The van der Waals surface area contributed by atoms with Crippen LogP contribution in [0.15, 0.2) is 40.9 Å². The summed E-state index contributed by atoms with van der Waals surface area (Å²) in [7, 11) is 1.49. The highest BCUT2D eigenvalue weighted by Gasteiger charge is 2.10. The quantitative estimate of drug-likeness (QED) is 0.645. The van der Waals surface area contributed by atoms with Crippen LogP contribution in [0.25, 0.3) is 0 Å². The van der Waals surface area contributed by atoms with Crippen molar-refractivity contribution < 1.29 is 9.66 Å². The van der Waals surface area contributed by atoms with E-state index in [-0.39, 0.29) is 5.69 Å². The van der Waals surface area contributed by atoms with Gasteiger partial charge < -0.3 is 10.1 Å². The number of non-ortho nitro benzene ring substituents is 1. The van der Waals surface area contributed by atoms with Crippen molar-refractivity contribution in [1.29, 1.82) is 0 Å². The van der Waals surface area contributed by atoms with E-state index in [4.69, 9.17) is 4.74 Å². The number of hydrogen-bond acceptors (Lipinski definition) is 4. The molecule has 0 saturated heterocycles. The van der Waals surface area contributed by atoms with Gasteiger partial charge in [-0.05, 0) is 42.3 Å². The first-order valence-corrected chi connectivity index (χ1v) is 7.10. The Bertz CT molecular complexity index is 654. The largest absolute Gasteiger partial charge is 0.496 e. The Labute approximate surface area is 131 Å². The molecule has 0 amide bonds. The number of nitrogens with zero attached hydrogens (tertiary/aromatic N) is 1. The lowest BCUT2D eigenvalue weighted by atomic mass is 10.1. The molecular weight excluding hydrogens is 336 g/mol. The molecule has 110 valence electrons. The summed E-state index contributed by atoms with van der Waals surface area (Å²) in [6.45, 7) is 2.49. The summed E-state index contributed by atoms with van der Waals surface area (Å²) in [6.07, 6.45) is 0. The predicted molar refractivity (Wildman–Crippen MR) is 85.9 cm³/mol. The molecule has 0 aliphatic carbocycles. The molecule has 0 radical (unpaired) electrons. The third-order valence-corrected chi connectivity index (χ3v) is 3.39. The molecule has 0 aromatic heterocycles. The highest BCUT2D eigenvalue weighted by molar-refractivity contribution is 9.10. The molecule has 0 heterocycles. The van der Waals surface area contributed by atoms with Crippen LogP contribution < -0.4 is 10.1 Å². The van der Waals surface area contributed by atoms with E-state index in [9.17, 15) is 10.1 Å². The van der Waals surface area contributed by atoms with Gasteiger partial charge in [-0.3, -0.25) is 10.1 Å². The van der Waals surface area contributed by atoms with Gasteiger partial charge in [0.05, 0.1) is 18.1 Å². The maximum Gasteiger partial charge on any atom is 0.273 e. The van der Waals surface area contributed by atoms with E-state index in [1.807, 2.05) is 25.1 Å². The first-order valence-electron chi connectivity index (χ1n) is 6.31. The second-order valence-corrected chi connectivity index (χ2v) is 5.58. The van der Waals surface area contributed by atoms with Crippen LogP contribution in [-0.2, 0) is 6.54 Å². The number of benzene rings is 2. The third kappa shape index (κ3) is 4.19. The first kappa shape index (κ1) is 15.3. The fourth-order valence-electron chi connectivity index (χ4n) is 2.01. The average Bonchev–Trinajstić information content (AvgIpc) is 2.43. The number of nitro benzene ring substituents is 1. The SMILES string of the molecule is COc1cc(CNc2cc(C)cc(Br)c2)cc([N+](=O)[O-])c1. The van der Waals surface area contributed by atoms with Crippen molar-refractivity contribution in [2.75, 3.05) is 12.4 Å². The van der Waals surface area contributed by atoms with Gasteiger partial charge >= 0.3 is 0 Å². The van der Waals surface area contributed by atoms with Crippen LogP contribution in [0.5, 0.6) is 5.75 Å². The summed E-state index contributed by atoms with van der Waals surface area (Å²) in [6, 6.07) is 10.7. The molecule has 5 nitrogen and oxygen atoms in total. The molecule has 0 atom stereocenters. The fraction of sp³-hybridized carbons (Fsp3) is 0.200. The average molecular weight is 351 g/mol. The summed E-state index contributed by atoms with van der Waals surface area (Å²) in [5.74, 6) is 0.478. The van der Waals surface area contributed by atoms with Gasteiger partial charge in [-0.2, -0.15) is 0 Å². The normalized spacial score (nSPS) is 10.2. The van der Waals surface area contributed by atoms with E-state index in [0.29, 0.717) is 12.3 Å². The zero-order valence-electron chi connectivity index (χ0n) is 11.7. The summed E-state index contributed by atoms with van der Waals surface area (Å²) in [5.41, 5.74) is 2.89. The van der Waals surface area contributed by atoms with Crippen molar-refractivity contribution in [1.82, 2.24) is 0 Å². The number of halogens is 1. The number of aryl methyl sites for hydroxylation is 1. The van der Waals surface area contributed by atoms with Crippen LogP contribution in [0.4, 0.5) is 11.4 Å². The number of methoxy groups -OCH3 is 1. The number of nitrogens with one attached hydrogen (secondary N) is 1. The van der Waals surface area contributed by atoms with E-state index in [0.717, 1.165) is 21.3 Å². The topological polar surface area (TPSA) is 64.4 Å². The van der Waals surface area contributed by atoms with Crippen molar-refractivity contribution in [3.63, 3.8) is 0 Å². The molecule has 2 aromatic rings. The Morgan fingerprint density at radius 2 is 2.00 bits per heavy atom. The van der Waals surface area contributed by atoms with Gasteiger partial charge in [0.15, 0.2) is 0 Å². The highest BCUT2D eigenvalue weighted by Crippen LogP contribution is 2.24. The zero-order chi connectivity index (χ0) is 15.4. The summed E-state index contributed by atoms with van der Waals surface area (Å²) in [5, 5.41) is 14.2. The van der Waals surface area contributed by atoms with Crippen LogP contribution >= 0.6 is 15.9 Å². The van der Waals surface area contributed by atoms with Crippen LogP contribution in [0, 0.1) is 17.0 Å². The van der Waals surface area contributed by atoms with Gasteiger partial charge in [0, 0.05) is 22.8 Å². The van der Waals surface area contributed by atoms with Gasteiger partial charge in [-0.1, -0.05) is 15.9 Å². The molecule has 2 aromatic carbocycles. The second kappa shape index (κ2) is 6.58. The van der Waals surface area contributed by atoms with Crippen molar-refractivity contribution in [3.05, 3.63) is 62.1 Å². The number of anilines is 1. The molecule has 0 unspecified atom stereocenters. The molecule has 2 rings (SSSR count). The minimum absolute atomic E-state index is 0.0246. The molecular formula is C15H15BrN2O3. The van der Waals surface area contributed by atoms with Gasteiger partial charge in [-0.15, -0.1) is 0 Å². The lowest BCUT2D eigenvalue weighted by Crippen LogP contribution is -2.01. The van der Waals surface area contributed by atoms with E-state index >= 15 is 0 Å². The minimum atomic E-state index is -0.421. The number of nitro groups is 1. The van der Waals surface area contributed by atoms with Crippen LogP contribution in [0.1, 0.15) is 11.1 Å². The molecule has 0 aliphatic heterocycles. The van der Waals surface area contributed by atoms with Crippen LogP contribution in [0.3, 0.4) is 0 Å². The van der Waals surface area contributed by atoms with E-state index in [1.54, 1.807) is 12.1 Å². The van der Waals surface area contributed by atoms with Gasteiger partial charge in [0.2, 0.25) is 0 Å². The molecule has 21 heavy (non-hydrogen) atoms. The Hall–Kier alpha value is -2.08. The Morgan fingerprint density at radius 1 is 1.24 bits per heavy atom. The van der Waals surface area contributed by atoms with Crippen molar-refractivity contribution in [2.24, 2.45) is 0 Å². The first-order chi connectivity index (χ1) is 9.97. The van der Waals surface area contributed by atoms with E-state index in [2.05, 4.69) is 21.2 Å². The Kier molecular flexibility index (Phi) is 4.80. The summed E-state index contributed by atoms with van der Waals surface area (Å²) in [4.78, 5) is 10.5. The monoisotopic (exact) mass is 350 g/mol. The number of ether oxygens (including phenoxy) is 1. The molecule has 1 N–H and O–H groups in total. The maximum absolute atomic E-state index is 10.9. The predicted octanol–water partition coefficient (Wildman–Crippen LogP) is 4.29. The second-order valence-electron chi connectivity index (χ2n) is 4.67. The van der Waals surface area contributed by atoms with Gasteiger partial charge in [0.1, 0.15) is 5.75 Å². The van der Waals surface area contributed by atoms with E-state index in [1.165, 1.54) is 13.2 Å². The number of hydrogen-bond donors (Lipinski definition) is 1. The van der Waals surface area contributed by atoms with Crippen molar-refractivity contribution in [3.8, 4) is 5.75 Å². The van der Waals surface area contributed by atoms with Crippen LogP contribution in [0.2, 0.25) is 0 Å². The highest BCUT2D eigenvalue weighted by atomic mass is 79.9. The molecule has 0 spiro atoms. The van der Waals surface area contributed by atoms with Gasteiger partial charge in [0.25, 0.3) is 5.69 Å². The Balaban J connectivity index is 2.19. The third-order valence-electron chi connectivity index (χ3n) is 2.94. The standard InChI is InChI=1S/C15H15BrN2O3/c1-10-3-12(16)7-13(4-10)17-9-11-5-14(18(19)20)8-15(6-11)21-2/h3-8,17H,9H2,1-2H3. The maximum atomic E-state index is 10.9. The smallest absolute Gasteiger partial charge is 0.273 e. The van der Waals surface area contributed by atoms with Crippen molar-refractivity contribution >= 4 is 27.3 Å². The minimum Gasteiger partial charge on any atom is -0.496 e. The van der Waals surface area contributed by atoms with E-state index < -0.39 is 4.92 Å². The van der Waals surface area contributed by atoms with Gasteiger partial charge in [-0.25, -0.2) is 0 Å². The molecule has 0 saturated carbocycles. The molecule has 0 fully saturated rings. The lowest BCUT2D eigenvalue weighted by Gasteiger charge is -2.09.